The van der Waals surface area contributed by atoms with Gasteiger partial charge in [-0.3, -0.25) is 10.1 Å². The number of hydrogen-bond donors (Lipinski definition) is 2. The molecule has 3 aromatic rings. The highest BCUT2D eigenvalue weighted by molar-refractivity contribution is 9.10. The van der Waals surface area contributed by atoms with E-state index in [2.05, 4.69) is 36.4 Å². The summed E-state index contributed by atoms with van der Waals surface area (Å²) in [5.74, 6) is -0.227. The number of nitrogens with one attached hydrogen (secondary N) is 2. The molecule has 2 N–H and O–H groups in total. The van der Waals surface area contributed by atoms with Gasteiger partial charge in [0.15, 0.2) is 0 Å². The summed E-state index contributed by atoms with van der Waals surface area (Å²) in [5, 5.41) is 9.86. The van der Waals surface area contributed by atoms with Crippen LogP contribution in [0.2, 0.25) is 0 Å². The predicted molar refractivity (Wildman–Crippen MR) is 111 cm³/mol. The van der Waals surface area contributed by atoms with Crippen LogP contribution in [-0.4, -0.2) is 28.9 Å². The molecule has 28 heavy (non-hydrogen) atoms. The van der Waals surface area contributed by atoms with Gasteiger partial charge < -0.3 is 10.1 Å². The molecule has 0 spiro atoms. The average Bonchev–Trinajstić information content (AvgIpc) is 2.96. The van der Waals surface area contributed by atoms with Crippen molar-refractivity contribution in [3.8, 4) is 5.69 Å². The van der Waals surface area contributed by atoms with Gasteiger partial charge in [-0.15, -0.1) is 0 Å². The molecule has 1 aromatic heterocycles. The Morgan fingerprint density at radius 3 is 2.04 bits per heavy atom. The number of ether oxygens (including phenoxy) is 1. The minimum atomic E-state index is -0.550. The van der Waals surface area contributed by atoms with E-state index in [9.17, 15) is 9.59 Å². The zero-order valence-corrected chi connectivity index (χ0v) is 17.2. The number of methoxy groups -OCH3 is 1. The van der Waals surface area contributed by atoms with Crippen LogP contribution in [0, 0.1) is 13.8 Å². The minimum Gasteiger partial charge on any atom is -0.453 e. The smallest absolute Gasteiger partial charge is 0.411 e. The second kappa shape index (κ2) is 8.26. The molecule has 144 valence electrons. The molecule has 0 aliphatic carbocycles. The van der Waals surface area contributed by atoms with Crippen LogP contribution in [-0.2, 0) is 4.74 Å². The van der Waals surface area contributed by atoms with Crippen molar-refractivity contribution in [3.63, 3.8) is 0 Å². The fourth-order valence-corrected chi connectivity index (χ4v) is 2.89. The number of benzene rings is 2. The maximum atomic E-state index is 12.5. The van der Waals surface area contributed by atoms with E-state index in [1.165, 1.54) is 7.11 Å². The summed E-state index contributed by atoms with van der Waals surface area (Å²) < 4.78 is 7.33. The van der Waals surface area contributed by atoms with Crippen molar-refractivity contribution in [1.82, 2.24) is 9.78 Å². The zero-order valence-electron chi connectivity index (χ0n) is 15.6. The van der Waals surface area contributed by atoms with Gasteiger partial charge in [-0.05, 0) is 78.3 Å². The molecule has 0 unspecified atom stereocenters. The topological polar surface area (TPSA) is 85.3 Å². The third kappa shape index (κ3) is 4.23. The van der Waals surface area contributed by atoms with Gasteiger partial charge >= 0.3 is 6.09 Å². The maximum Gasteiger partial charge on any atom is 0.411 e. The SMILES string of the molecule is COC(=O)Nc1ccc(NC(=O)c2ccc(-n3nc(C)c(Br)c3C)cc2)cc1. The fourth-order valence-electron chi connectivity index (χ4n) is 2.64. The Kier molecular flexibility index (Phi) is 5.79. The highest BCUT2D eigenvalue weighted by Gasteiger charge is 2.12. The van der Waals surface area contributed by atoms with Crippen molar-refractivity contribution in [2.45, 2.75) is 13.8 Å². The third-order valence-electron chi connectivity index (χ3n) is 4.15. The highest BCUT2D eigenvalue weighted by atomic mass is 79.9. The lowest BCUT2D eigenvalue weighted by molar-refractivity contribution is 0.102. The lowest BCUT2D eigenvalue weighted by Crippen LogP contribution is -2.13. The van der Waals surface area contributed by atoms with E-state index >= 15 is 0 Å². The summed E-state index contributed by atoms with van der Waals surface area (Å²) in [4.78, 5) is 23.7. The molecule has 0 saturated carbocycles. The summed E-state index contributed by atoms with van der Waals surface area (Å²) in [6, 6.07) is 14.0. The first-order valence-electron chi connectivity index (χ1n) is 8.47. The number of carbonyl (C=O) groups excluding carboxylic acids is 2. The number of halogens is 1. The third-order valence-corrected chi connectivity index (χ3v) is 5.30. The normalized spacial score (nSPS) is 10.4. The predicted octanol–water partition coefficient (Wildman–Crippen LogP) is 4.68. The van der Waals surface area contributed by atoms with Crippen LogP contribution in [0.25, 0.3) is 5.69 Å². The molecular weight excluding hydrogens is 424 g/mol. The number of aromatic nitrogens is 2. The van der Waals surface area contributed by atoms with Gasteiger partial charge in [-0.25, -0.2) is 9.48 Å². The number of hydrogen-bond acceptors (Lipinski definition) is 4. The molecule has 2 amide bonds. The first-order valence-corrected chi connectivity index (χ1v) is 9.27. The molecule has 7 nitrogen and oxygen atoms in total. The first-order chi connectivity index (χ1) is 13.4. The van der Waals surface area contributed by atoms with Crippen LogP contribution in [0.3, 0.4) is 0 Å². The number of rotatable bonds is 4. The van der Waals surface area contributed by atoms with Gasteiger partial charge in [0.25, 0.3) is 5.91 Å². The summed E-state index contributed by atoms with van der Waals surface area (Å²) in [6.07, 6.45) is -0.550. The van der Waals surface area contributed by atoms with Crippen molar-refractivity contribution >= 4 is 39.3 Å². The quantitative estimate of drug-likeness (QED) is 0.613. The van der Waals surface area contributed by atoms with Gasteiger partial charge in [0.05, 0.1) is 28.7 Å². The Labute approximate surface area is 170 Å². The molecule has 8 heteroatoms. The first kappa shape index (κ1) is 19.6. The average molecular weight is 443 g/mol. The van der Waals surface area contributed by atoms with Crippen LogP contribution < -0.4 is 10.6 Å². The van der Waals surface area contributed by atoms with Crippen molar-refractivity contribution < 1.29 is 14.3 Å². The van der Waals surface area contributed by atoms with E-state index < -0.39 is 6.09 Å². The van der Waals surface area contributed by atoms with E-state index in [-0.39, 0.29) is 5.91 Å². The largest absolute Gasteiger partial charge is 0.453 e. The zero-order chi connectivity index (χ0) is 20.3. The van der Waals surface area contributed by atoms with Crippen LogP contribution in [0.4, 0.5) is 16.2 Å². The van der Waals surface area contributed by atoms with Crippen molar-refractivity contribution in [2.24, 2.45) is 0 Å². The molecule has 0 bridgehead atoms. The number of aryl methyl sites for hydroxylation is 1. The maximum absolute atomic E-state index is 12.5. The fraction of sp³-hybridized carbons (Fsp3) is 0.150. The van der Waals surface area contributed by atoms with Crippen molar-refractivity contribution in [3.05, 3.63) is 70.0 Å². The number of carbonyl (C=O) groups is 2. The van der Waals surface area contributed by atoms with E-state index in [4.69, 9.17) is 0 Å². The number of anilines is 2. The summed E-state index contributed by atoms with van der Waals surface area (Å²) in [7, 11) is 1.29. The molecule has 3 rings (SSSR count). The Balaban J connectivity index is 1.69. The summed E-state index contributed by atoms with van der Waals surface area (Å²) in [5.41, 5.74) is 4.50. The molecule has 2 aromatic carbocycles. The molecule has 0 saturated heterocycles. The molecule has 1 heterocycles. The van der Waals surface area contributed by atoms with Crippen LogP contribution in [0.1, 0.15) is 21.7 Å². The Morgan fingerprint density at radius 1 is 0.964 bits per heavy atom. The Bertz CT molecular complexity index is 1010. The van der Waals surface area contributed by atoms with Gasteiger partial charge in [-0.2, -0.15) is 5.10 Å². The molecular formula is C20H19BrN4O3. The van der Waals surface area contributed by atoms with Crippen molar-refractivity contribution in [1.29, 1.82) is 0 Å². The van der Waals surface area contributed by atoms with E-state index in [0.29, 0.717) is 16.9 Å². The van der Waals surface area contributed by atoms with Gasteiger partial charge in [0.1, 0.15) is 0 Å². The van der Waals surface area contributed by atoms with Crippen molar-refractivity contribution in [2.75, 3.05) is 17.7 Å². The van der Waals surface area contributed by atoms with Crippen LogP contribution in [0.5, 0.6) is 0 Å². The molecule has 0 aliphatic rings. The van der Waals surface area contributed by atoms with Gasteiger partial charge in [0.2, 0.25) is 0 Å². The second-order valence-electron chi connectivity index (χ2n) is 6.09. The number of nitrogens with zero attached hydrogens (tertiary/aromatic N) is 2. The summed E-state index contributed by atoms with van der Waals surface area (Å²) in [6.45, 7) is 3.91. The number of amides is 2. The second-order valence-corrected chi connectivity index (χ2v) is 6.88. The Morgan fingerprint density at radius 2 is 1.54 bits per heavy atom. The van der Waals surface area contributed by atoms with Crippen LogP contribution in [0.15, 0.2) is 53.0 Å². The van der Waals surface area contributed by atoms with Gasteiger partial charge in [-0.1, -0.05) is 0 Å². The highest BCUT2D eigenvalue weighted by Crippen LogP contribution is 2.23. The lowest BCUT2D eigenvalue weighted by atomic mass is 10.2. The minimum absolute atomic E-state index is 0.227. The molecule has 0 atom stereocenters. The van der Waals surface area contributed by atoms with E-state index in [1.807, 2.05) is 30.7 Å². The monoisotopic (exact) mass is 442 g/mol. The Hall–Kier alpha value is -3.13. The van der Waals surface area contributed by atoms with Gasteiger partial charge in [0, 0.05) is 16.9 Å². The van der Waals surface area contributed by atoms with E-state index in [1.54, 1.807) is 36.4 Å². The lowest BCUT2D eigenvalue weighted by Gasteiger charge is -2.09. The molecule has 0 radical (unpaired) electrons. The summed E-state index contributed by atoms with van der Waals surface area (Å²) >= 11 is 3.52. The molecule has 0 aliphatic heterocycles. The standard InChI is InChI=1S/C20H19BrN4O3/c1-12-18(21)13(2)25(24-12)17-10-4-14(5-11-17)19(26)22-15-6-8-16(9-7-15)23-20(27)28-3/h4-11H,1-3H3,(H,22,26)(H,23,27). The van der Waals surface area contributed by atoms with E-state index in [0.717, 1.165) is 21.5 Å². The van der Waals surface area contributed by atoms with Crippen LogP contribution >= 0.6 is 15.9 Å². The molecule has 0 fully saturated rings.